The largest absolute Gasteiger partial charge is 0.484 e. The summed E-state index contributed by atoms with van der Waals surface area (Å²) in [5.74, 6) is 0.401. The summed E-state index contributed by atoms with van der Waals surface area (Å²) in [7, 11) is -3.49. The lowest BCUT2D eigenvalue weighted by molar-refractivity contribution is -0.124. The molecule has 0 saturated heterocycles. The number of amides is 1. The summed E-state index contributed by atoms with van der Waals surface area (Å²) >= 11 is 0. The van der Waals surface area contributed by atoms with E-state index < -0.39 is 10.0 Å². The summed E-state index contributed by atoms with van der Waals surface area (Å²) in [6.45, 7) is 6.22. The van der Waals surface area contributed by atoms with Crippen LogP contribution in [-0.2, 0) is 14.8 Å². The van der Waals surface area contributed by atoms with Gasteiger partial charge < -0.3 is 10.1 Å². The maximum absolute atomic E-state index is 12.6. The molecule has 1 aromatic rings. The molecule has 1 aromatic carbocycles. The Balaban J connectivity index is 1.97. The first-order valence-electron chi connectivity index (χ1n) is 9.41. The molecule has 0 atom stereocenters. The number of nitrogens with zero attached hydrogens (tertiary/aromatic N) is 1. The highest BCUT2D eigenvalue weighted by atomic mass is 32.2. The molecule has 0 spiro atoms. The smallest absolute Gasteiger partial charge is 0.258 e. The normalized spacial score (nSPS) is 15.8. The molecule has 0 heterocycles. The molecule has 2 rings (SSSR count). The van der Waals surface area contributed by atoms with Gasteiger partial charge in [-0.1, -0.05) is 33.1 Å². The Morgan fingerprint density at radius 3 is 2.42 bits per heavy atom. The van der Waals surface area contributed by atoms with E-state index in [1.807, 2.05) is 13.8 Å². The number of carbonyl (C=O) groups is 1. The van der Waals surface area contributed by atoms with Gasteiger partial charge in [-0.3, -0.25) is 4.79 Å². The predicted molar refractivity (Wildman–Crippen MR) is 102 cm³/mol. The van der Waals surface area contributed by atoms with Crippen LogP contribution in [0.5, 0.6) is 5.75 Å². The van der Waals surface area contributed by atoms with Gasteiger partial charge in [0.05, 0.1) is 4.90 Å². The molecule has 146 valence electrons. The Kier molecular flexibility index (Phi) is 7.46. The van der Waals surface area contributed by atoms with Crippen molar-refractivity contribution >= 4 is 15.9 Å². The van der Waals surface area contributed by atoms with Crippen molar-refractivity contribution in [2.45, 2.75) is 63.8 Å². The monoisotopic (exact) mass is 382 g/mol. The quantitative estimate of drug-likeness (QED) is 0.750. The first-order chi connectivity index (χ1) is 12.4. The van der Waals surface area contributed by atoms with Crippen LogP contribution in [0, 0.1) is 6.92 Å². The van der Waals surface area contributed by atoms with E-state index in [1.54, 1.807) is 19.1 Å². The average molecular weight is 383 g/mol. The van der Waals surface area contributed by atoms with Crippen molar-refractivity contribution in [3.05, 3.63) is 23.8 Å². The SMILES string of the molecule is CCN(CC)S(=O)(=O)c1ccc(OCC(=O)NC2CCCCC2)c(C)c1. The fraction of sp³-hybridized carbons (Fsp3) is 0.632. The summed E-state index contributed by atoms with van der Waals surface area (Å²) in [6, 6.07) is 5.01. The van der Waals surface area contributed by atoms with E-state index in [4.69, 9.17) is 4.74 Å². The molecule has 6 nitrogen and oxygen atoms in total. The summed E-state index contributed by atoms with van der Waals surface area (Å²) < 4.78 is 32.1. The Bertz CT molecular complexity index is 708. The molecule has 1 aliphatic carbocycles. The van der Waals surface area contributed by atoms with Crippen LogP contribution in [0.4, 0.5) is 0 Å². The van der Waals surface area contributed by atoms with Crippen molar-refractivity contribution in [3.63, 3.8) is 0 Å². The molecule has 1 amide bonds. The van der Waals surface area contributed by atoms with Crippen LogP contribution < -0.4 is 10.1 Å². The van der Waals surface area contributed by atoms with E-state index in [-0.39, 0.29) is 23.5 Å². The van der Waals surface area contributed by atoms with Crippen molar-refractivity contribution in [2.24, 2.45) is 0 Å². The highest BCUT2D eigenvalue weighted by molar-refractivity contribution is 7.89. The van der Waals surface area contributed by atoms with E-state index in [2.05, 4.69) is 5.32 Å². The molecule has 0 unspecified atom stereocenters. The van der Waals surface area contributed by atoms with Crippen LogP contribution in [0.3, 0.4) is 0 Å². The lowest BCUT2D eigenvalue weighted by atomic mass is 9.95. The number of carbonyl (C=O) groups excluding carboxylic acids is 1. The van der Waals surface area contributed by atoms with Gasteiger partial charge in [0.2, 0.25) is 10.0 Å². The minimum Gasteiger partial charge on any atom is -0.484 e. The van der Waals surface area contributed by atoms with Crippen LogP contribution in [0.15, 0.2) is 23.1 Å². The molecule has 1 fully saturated rings. The van der Waals surface area contributed by atoms with Crippen molar-refractivity contribution in [1.29, 1.82) is 0 Å². The Morgan fingerprint density at radius 2 is 1.85 bits per heavy atom. The molecule has 1 N–H and O–H groups in total. The van der Waals surface area contributed by atoms with Gasteiger partial charge in [-0.05, 0) is 43.5 Å². The molecule has 0 aliphatic heterocycles. The zero-order valence-electron chi connectivity index (χ0n) is 16.0. The van der Waals surface area contributed by atoms with Crippen molar-refractivity contribution < 1.29 is 17.9 Å². The first-order valence-corrected chi connectivity index (χ1v) is 10.9. The Hall–Kier alpha value is -1.60. The zero-order valence-corrected chi connectivity index (χ0v) is 16.8. The van der Waals surface area contributed by atoms with Crippen LogP contribution >= 0.6 is 0 Å². The second kappa shape index (κ2) is 9.37. The summed E-state index contributed by atoms with van der Waals surface area (Å²) in [5.41, 5.74) is 0.698. The molecule has 26 heavy (non-hydrogen) atoms. The van der Waals surface area contributed by atoms with Crippen molar-refractivity contribution in [3.8, 4) is 5.75 Å². The average Bonchev–Trinajstić information content (AvgIpc) is 2.62. The highest BCUT2D eigenvalue weighted by Gasteiger charge is 2.22. The van der Waals surface area contributed by atoms with Gasteiger partial charge in [0, 0.05) is 19.1 Å². The number of sulfonamides is 1. The van der Waals surface area contributed by atoms with E-state index in [0.717, 1.165) is 25.7 Å². The summed E-state index contributed by atoms with van der Waals surface area (Å²) in [4.78, 5) is 12.3. The van der Waals surface area contributed by atoms with Gasteiger partial charge in [-0.15, -0.1) is 0 Å². The molecular weight excluding hydrogens is 352 g/mol. The third kappa shape index (κ3) is 5.20. The maximum Gasteiger partial charge on any atom is 0.258 e. The molecule has 0 radical (unpaired) electrons. The van der Waals surface area contributed by atoms with Gasteiger partial charge in [0.25, 0.3) is 5.91 Å². The van der Waals surface area contributed by atoms with E-state index in [9.17, 15) is 13.2 Å². The Morgan fingerprint density at radius 1 is 1.19 bits per heavy atom. The fourth-order valence-corrected chi connectivity index (χ4v) is 4.86. The second-order valence-electron chi connectivity index (χ2n) is 6.71. The molecule has 1 saturated carbocycles. The van der Waals surface area contributed by atoms with Gasteiger partial charge in [0.15, 0.2) is 6.61 Å². The third-order valence-corrected chi connectivity index (χ3v) is 6.86. The topological polar surface area (TPSA) is 75.7 Å². The van der Waals surface area contributed by atoms with Crippen molar-refractivity contribution in [1.82, 2.24) is 9.62 Å². The van der Waals surface area contributed by atoms with Crippen LogP contribution in [0.2, 0.25) is 0 Å². The number of ether oxygens (including phenoxy) is 1. The first kappa shape index (κ1) is 20.7. The maximum atomic E-state index is 12.6. The lowest BCUT2D eigenvalue weighted by Gasteiger charge is -2.23. The molecular formula is C19H30N2O4S. The van der Waals surface area contributed by atoms with Crippen LogP contribution in [-0.4, -0.2) is 44.4 Å². The molecule has 1 aliphatic rings. The molecule has 0 aromatic heterocycles. The summed E-state index contributed by atoms with van der Waals surface area (Å²) in [5, 5.41) is 3.01. The highest BCUT2D eigenvalue weighted by Crippen LogP contribution is 2.24. The standard InChI is InChI=1S/C19H30N2O4S/c1-4-21(5-2)26(23,24)17-11-12-18(15(3)13-17)25-14-19(22)20-16-9-7-6-8-10-16/h11-13,16H,4-10,14H2,1-3H3,(H,20,22). The molecule has 0 bridgehead atoms. The number of nitrogens with one attached hydrogen (secondary N) is 1. The fourth-order valence-electron chi connectivity index (χ4n) is 3.32. The number of hydrogen-bond donors (Lipinski definition) is 1. The van der Waals surface area contributed by atoms with E-state index in [0.29, 0.717) is 24.4 Å². The van der Waals surface area contributed by atoms with Crippen molar-refractivity contribution in [2.75, 3.05) is 19.7 Å². The van der Waals surface area contributed by atoms with Gasteiger partial charge >= 0.3 is 0 Å². The Labute approximate surface area is 157 Å². The summed E-state index contributed by atoms with van der Waals surface area (Å²) in [6.07, 6.45) is 5.62. The minimum atomic E-state index is -3.49. The molecule has 7 heteroatoms. The third-order valence-electron chi connectivity index (χ3n) is 4.82. The van der Waals surface area contributed by atoms with E-state index in [1.165, 1.54) is 16.8 Å². The number of benzene rings is 1. The van der Waals surface area contributed by atoms with Gasteiger partial charge in [-0.25, -0.2) is 8.42 Å². The zero-order chi connectivity index (χ0) is 19.2. The number of aryl methyl sites for hydroxylation is 1. The van der Waals surface area contributed by atoms with E-state index >= 15 is 0 Å². The second-order valence-corrected chi connectivity index (χ2v) is 8.65. The van der Waals surface area contributed by atoms with Crippen LogP contribution in [0.25, 0.3) is 0 Å². The minimum absolute atomic E-state index is 0.0561. The predicted octanol–water partition coefficient (Wildman–Crippen LogP) is 2.85. The van der Waals surface area contributed by atoms with Gasteiger partial charge in [0.1, 0.15) is 5.75 Å². The number of hydrogen-bond acceptors (Lipinski definition) is 4. The van der Waals surface area contributed by atoms with Gasteiger partial charge in [-0.2, -0.15) is 4.31 Å². The number of rotatable bonds is 8. The van der Waals surface area contributed by atoms with Crippen LogP contribution in [0.1, 0.15) is 51.5 Å². The lowest BCUT2D eigenvalue weighted by Crippen LogP contribution is -2.39.